The molecule has 0 aromatic carbocycles. The zero-order valence-electron chi connectivity index (χ0n) is 5.44. The monoisotopic (exact) mass is 119 g/mol. The lowest BCUT2D eigenvalue weighted by Crippen LogP contribution is -2.07. The van der Waals surface area contributed by atoms with Gasteiger partial charge in [-0.1, -0.05) is 24.9 Å². The van der Waals surface area contributed by atoms with Crippen LogP contribution in [0.15, 0.2) is 0 Å². The van der Waals surface area contributed by atoms with E-state index in [9.17, 15) is 0 Å². The number of hydrogen-bond donors (Lipinski definition) is 1. The third-order valence-electron chi connectivity index (χ3n) is 0.520. The van der Waals surface area contributed by atoms with Crippen LogP contribution < -0.4 is 5.64 Å². The molecule has 0 atom stereocenters. The fourth-order valence-corrected chi connectivity index (χ4v) is 0.0833. The summed E-state index contributed by atoms with van der Waals surface area (Å²) in [5, 5.41) is 0. The maximum atomic E-state index is 4.22. The van der Waals surface area contributed by atoms with Crippen molar-refractivity contribution in [2.45, 2.75) is 19.3 Å². The summed E-state index contributed by atoms with van der Waals surface area (Å²) in [6.07, 6.45) is 4.50. The van der Waals surface area contributed by atoms with Crippen molar-refractivity contribution in [1.82, 2.24) is 5.64 Å². The highest BCUT2D eigenvalue weighted by Crippen LogP contribution is 2.14. The van der Waals surface area contributed by atoms with E-state index < -0.39 is 0 Å². The predicted molar refractivity (Wildman–Crippen MR) is 31.0 cm³/mol. The van der Waals surface area contributed by atoms with E-state index in [-0.39, 0.29) is 0 Å². The van der Waals surface area contributed by atoms with E-state index in [0.29, 0.717) is 0 Å². The molecule has 0 bridgehead atoms. The molecule has 0 amide bonds. The van der Waals surface area contributed by atoms with Gasteiger partial charge in [0.25, 0.3) is 0 Å². The van der Waals surface area contributed by atoms with Crippen LogP contribution in [0.3, 0.4) is 0 Å². The largest absolute Gasteiger partial charge is 0.280 e. The molecule has 3 nitrogen and oxygen atoms in total. The van der Waals surface area contributed by atoms with Crippen LogP contribution in [0.1, 0.15) is 19.3 Å². The molecule has 1 fully saturated rings. The number of rotatable bonds is 2. The average molecular weight is 119 g/mol. The van der Waals surface area contributed by atoms with Gasteiger partial charge in [0.1, 0.15) is 0 Å². The lowest BCUT2D eigenvalue weighted by molar-refractivity contribution is -0.130. The van der Waals surface area contributed by atoms with Crippen molar-refractivity contribution in [3.05, 3.63) is 0 Å². The number of hydrogen-bond acceptors (Lipinski definition) is 3. The Morgan fingerprint density at radius 3 is 1.38 bits per heavy atom. The third kappa shape index (κ3) is 16.9. The van der Waals surface area contributed by atoms with E-state index in [4.69, 9.17) is 0 Å². The molecule has 0 saturated heterocycles. The molecule has 0 spiro atoms. The van der Waals surface area contributed by atoms with Gasteiger partial charge >= 0.3 is 0 Å². The average Bonchev–Trinajstić information content (AvgIpc) is 2.50. The van der Waals surface area contributed by atoms with Gasteiger partial charge in [-0.05, 0) is 0 Å². The van der Waals surface area contributed by atoms with Crippen molar-refractivity contribution in [3.8, 4) is 0 Å². The summed E-state index contributed by atoms with van der Waals surface area (Å²) in [7, 11) is 2.95. The van der Waals surface area contributed by atoms with Crippen molar-refractivity contribution in [2.75, 3.05) is 14.2 Å². The second-order valence-corrected chi connectivity index (χ2v) is 1.55. The van der Waals surface area contributed by atoms with Gasteiger partial charge in [0.2, 0.25) is 0 Å². The van der Waals surface area contributed by atoms with E-state index in [0.717, 1.165) is 0 Å². The fourth-order valence-electron chi connectivity index (χ4n) is 0.0833. The maximum Gasteiger partial charge on any atom is 0.0599 e. The Labute approximate surface area is 49.9 Å². The third-order valence-corrected chi connectivity index (χ3v) is 0.520. The molecular weight excluding hydrogens is 106 g/mol. The Hall–Kier alpha value is -0.120. The SMILES string of the molecule is C1CC1.CONOC. The molecule has 0 aliphatic heterocycles. The molecule has 0 aromatic rings. The lowest BCUT2D eigenvalue weighted by Gasteiger charge is -1.89. The van der Waals surface area contributed by atoms with Crippen LogP contribution in [0.5, 0.6) is 0 Å². The van der Waals surface area contributed by atoms with Crippen LogP contribution in [0.2, 0.25) is 0 Å². The molecule has 0 aromatic heterocycles. The Morgan fingerprint density at radius 1 is 1.00 bits per heavy atom. The smallest absolute Gasteiger partial charge is 0.0599 e. The van der Waals surface area contributed by atoms with Gasteiger partial charge in [0, 0.05) is 0 Å². The van der Waals surface area contributed by atoms with Crippen LogP contribution >= 0.6 is 0 Å². The highest BCUT2D eigenvalue weighted by atomic mass is 16.9. The topological polar surface area (TPSA) is 30.5 Å². The standard InChI is InChI=1S/C3H6.C2H7NO2/c1-2-3-1;1-4-3-5-2/h1-3H2;3H,1-2H3. The zero-order chi connectivity index (χ0) is 6.24. The summed E-state index contributed by atoms with van der Waals surface area (Å²) >= 11 is 0. The normalized spacial score (nSPS) is 14.2. The molecule has 0 radical (unpaired) electrons. The summed E-state index contributed by atoms with van der Waals surface area (Å²) in [4.78, 5) is 8.44. The summed E-state index contributed by atoms with van der Waals surface area (Å²) in [6.45, 7) is 0. The van der Waals surface area contributed by atoms with Crippen LogP contribution in [0.25, 0.3) is 0 Å². The molecule has 1 saturated carbocycles. The van der Waals surface area contributed by atoms with Crippen LogP contribution in [0, 0.1) is 0 Å². The van der Waals surface area contributed by atoms with E-state index in [1.54, 1.807) is 0 Å². The molecule has 8 heavy (non-hydrogen) atoms. The first kappa shape index (κ1) is 7.88. The van der Waals surface area contributed by atoms with Crippen molar-refractivity contribution in [2.24, 2.45) is 0 Å². The predicted octanol–water partition coefficient (Wildman–Crippen LogP) is 0.869. The van der Waals surface area contributed by atoms with Gasteiger partial charge in [0.15, 0.2) is 0 Å². The van der Waals surface area contributed by atoms with Gasteiger partial charge in [-0.3, -0.25) is 9.68 Å². The van der Waals surface area contributed by atoms with Gasteiger partial charge in [-0.2, -0.15) is 0 Å². The molecule has 0 unspecified atom stereocenters. The molecule has 50 valence electrons. The summed E-state index contributed by atoms with van der Waals surface area (Å²) < 4.78 is 0. The second-order valence-electron chi connectivity index (χ2n) is 1.55. The van der Waals surface area contributed by atoms with Crippen molar-refractivity contribution in [3.63, 3.8) is 0 Å². The first-order chi connectivity index (χ1) is 3.91. The second kappa shape index (κ2) is 6.88. The highest BCUT2D eigenvalue weighted by Gasteiger charge is 1.95. The van der Waals surface area contributed by atoms with Crippen molar-refractivity contribution >= 4 is 0 Å². The first-order valence-electron chi connectivity index (χ1n) is 2.72. The maximum absolute atomic E-state index is 4.22. The quantitative estimate of drug-likeness (QED) is 0.547. The summed E-state index contributed by atoms with van der Waals surface area (Å²) in [5.74, 6) is 0. The van der Waals surface area contributed by atoms with Crippen molar-refractivity contribution in [1.29, 1.82) is 0 Å². The van der Waals surface area contributed by atoms with E-state index in [1.165, 1.54) is 33.5 Å². The van der Waals surface area contributed by atoms with Gasteiger partial charge < -0.3 is 0 Å². The Kier molecular flexibility index (Phi) is 6.78. The fraction of sp³-hybridized carbons (Fsp3) is 1.00. The van der Waals surface area contributed by atoms with E-state index in [1.807, 2.05) is 0 Å². The first-order valence-corrected chi connectivity index (χ1v) is 2.72. The number of nitrogens with one attached hydrogen (secondary N) is 1. The highest BCUT2D eigenvalue weighted by molar-refractivity contribution is 4.50. The minimum Gasteiger partial charge on any atom is -0.280 e. The lowest BCUT2D eigenvalue weighted by atomic mass is 11.0. The van der Waals surface area contributed by atoms with E-state index >= 15 is 0 Å². The molecule has 3 heteroatoms. The van der Waals surface area contributed by atoms with Crippen LogP contribution in [0.4, 0.5) is 0 Å². The van der Waals surface area contributed by atoms with Gasteiger partial charge in [-0.25, -0.2) is 0 Å². The molecule has 1 rings (SSSR count). The molecule has 1 N–H and O–H groups in total. The molecule has 1 aliphatic rings. The Balaban J connectivity index is 0.000000135. The zero-order valence-corrected chi connectivity index (χ0v) is 5.44. The Bertz CT molecular complexity index is 34.7. The molecular formula is C5H13NO2. The Morgan fingerprint density at radius 2 is 1.38 bits per heavy atom. The van der Waals surface area contributed by atoms with Gasteiger partial charge in [0.05, 0.1) is 14.2 Å². The summed E-state index contributed by atoms with van der Waals surface area (Å²) in [6, 6.07) is 0. The minimum absolute atomic E-state index is 1.48. The molecule has 1 aliphatic carbocycles. The van der Waals surface area contributed by atoms with Crippen LogP contribution in [-0.4, -0.2) is 14.2 Å². The van der Waals surface area contributed by atoms with Crippen molar-refractivity contribution < 1.29 is 9.68 Å². The van der Waals surface area contributed by atoms with Gasteiger partial charge in [-0.15, -0.1) is 0 Å². The van der Waals surface area contributed by atoms with E-state index in [2.05, 4.69) is 15.3 Å². The minimum atomic E-state index is 1.48. The summed E-state index contributed by atoms with van der Waals surface area (Å²) in [5.41, 5.74) is 2.11. The molecule has 0 heterocycles. The van der Waals surface area contributed by atoms with Crippen LogP contribution in [-0.2, 0) is 9.68 Å².